The van der Waals surface area contributed by atoms with Gasteiger partial charge < -0.3 is 0 Å². The lowest BCUT2D eigenvalue weighted by atomic mass is 9.60. The number of hydrogen-bond donors (Lipinski definition) is 0. The molecular weight excluding hydrogens is 360 g/mol. The molecular formula is C30H36. The first-order chi connectivity index (χ1) is 14.6. The average Bonchev–Trinajstić information content (AvgIpc) is 3.06. The second-order valence-electron chi connectivity index (χ2n) is 9.14. The summed E-state index contributed by atoms with van der Waals surface area (Å²) < 4.78 is 0. The monoisotopic (exact) mass is 396 g/mol. The summed E-state index contributed by atoms with van der Waals surface area (Å²) in [5.41, 5.74) is 10.7. The van der Waals surface area contributed by atoms with Crippen LogP contribution in [0.3, 0.4) is 0 Å². The Kier molecular flexibility index (Phi) is 5.87. The van der Waals surface area contributed by atoms with E-state index in [0.29, 0.717) is 11.8 Å². The first kappa shape index (κ1) is 20.9. The molecule has 0 nitrogen and oxygen atoms in total. The van der Waals surface area contributed by atoms with Gasteiger partial charge in [0.1, 0.15) is 0 Å². The highest BCUT2D eigenvalue weighted by molar-refractivity contribution is 5.73. The van der Waals surface area contributed by atoms with Gasteiger partial charge in [0.25, 0.3) is 0 Å². The number of hydrogen-bond acceptors (Lipinski definition) is 0. The quantitative estimate of drug-likeness (QED) is 0.471. The number of rotatable bonds is 2. The normalized spacial score (nSPS) is 29.3. The summed E-state index contributed by atoms with van der Waals surface area (Å²) in [5.74, 6) is 1.21. The van der Waals surface area contributed by atoms with Gasteiger partial charge in [-0.25, -0.2) is 0 Å². The van der Waals surface area contributed by atoms with Crippen molar-refractivity contribution in [2.75, 3.05) is 0 Å². The highest BCUT2D eigenvalue weighted by Crippen LogP contribution is 2.60. The maximum atomic E-state index is 2.43. The molecule has 0 saturated carbocycles. The fraction of sp³-hybridized carbons (Fsp3) is 0.400. The standard InChI is InChI=1S/C28H30.C2H6/c1-19-9-13-23(14-10-19)28(22-7-5-4-6-8-22)26-17-20(2)11-15-24(26)25-16-12-21(3)18-27(25)28;1-2/h4-5,7,9-16,20-21H,6,8,17-18H2,1-3H3;1-2H3. The summed E-state index contributed by atoms with van der Waals surface area (Å²) in [6.07, 6.45) is 21.3. The van der Waals surface area contributed by atoms with Gasteiger partial charge in [0, 0.05) is 0 Å². The van der Waals surface area contributed by atoms with Crippen LogP contribution >= 0.6 is 0 Å². The zero-order valence-electron chi connectivity index (χ0n) is 19.3. The van der Waals surface area contributed by atoms with Crippen LogP contribution in [0.2, 0.25) is 0 Å². The Morgan fingerprint density at radius 2 is 1.40 bits per heavy atom. The molecule has 2 unspecified atom stereocenters. The second kappa shape index (κ2) is 8.42. The van der Waals surface area contributed by atoms with Crippen LogP contribution in [0.4, 0.5) is 0 Å². The van der Waals surface area contributed by atoms with E-state index in [1.807, 2.05) is 13.8 Å². The third-order valence-corrected chi connectivity index (χ3v) is 7.06. The van der Waals surface area contributed by atoms with E-state index in [0.717, 1.165) is 25.7 Å². The third kappa shape index (κ3) is 3.22. The molecule has 0 radical (unpaired) electrons. The summed E-state index contributed by atoms with van der Waals surface area (Å²) in [5, 5.41) is 0. The Hall–Kier alpha value is -2.34. The first-order valence-electron chi connectivity index (χ1n) is 11.9. The summed E-state index contributed by atoms with van der Waals surface area (Å²) in [4.78, 5) is 0. The van der Waals surface area contributed by atoms with Gasteiger partial charge in [0.05, 0.1) is 5.41 Å². The first-order valence-corrected chi connectivity index (χ1v) is 11.9. The van der Waals surface area contributed by atoms with E-state index in [9.17, 15) is 0 Å². The number of aryl methyl sites for hydroxylation is 1. The van der Waals surface area contributed by atoms with Crippen LogP contribution in [-0.2, 0) is 5.41 Å². The van der Waals surface area contributed by atoms with Crippen molar-refractivity contribution in [3.8, 4) is 0 Å². The van der Waals surface area contributed by atoms with Gasteiger partial charge in [-0.15, -0.1) is 0 Å². The van der Waals surface area contributed by atoms with E-state index in [1.54, 1.807) is 16.7 Å². The summed E-state index contributed by atoms with van der Waals surface area (Å²) in [6.45, 7) is 10.9. The van der Waals surface area contributed by atoms with Crippen LogP contribution in [-0.4, -0.2) is 0 Å². The van der Waals surface area contributed by atoms with Gasteiger partial charge in [-0.1, -0.05) is 106 Å². The van der Waals surface area contributed by atoms with Crippen molar-refractivity contribution in [1.29, 1.82) is 0 Å². The van der Waals surface area contributed by atoms with E-state index in [-0.39, 0.29) is 5.41 Å². The SMILES string of the molecule is CC.Cc1ccc(C2(C3=CC=CCC3)C3=C(C=CC(C)C3)C3=C2CC(C)C=C3)cc1. The molecule has 1 aromatic rings. The molecule has 0 fully saturated rings. The molecule has 5 rings (SSSR count). The van der Waals surface area contributed by atoms with Gasteiger partial charge in [-0.3, -0.25) is 0 Å². The highest BCUT2D eigenvalue weighted by Gasteiger charge is 2.50. The molecule has 0 spiro atoms. The minimum atomic E-state index is -0.0405. The summed E-state index contributed by atoms with van der Waals surface area (Å²) in [6, 6.07) is 9.42. The predicted molar refractivity (Wildman–Crippen MR) is 131 cm³/mol. The average molecular weight is 397 g/mol. The Balaban J connectivity index is 0.00000106. The summed E-state index contributed by atoms with van der Waals surface area (Å²) in [7, 11) is 0. The maximum absolute atomic E-state index is 2.43. The molecule has 0 heteroatoms. The Labute approximate surface area is 183 Å². The molecule has 1 aromatic carbocycles. The fourth-order valence-corrected chi connectivity index (χ4v) is 5.76. The molecule has 0 heterocycles. The zero-order chi connectivity index (χ0) is 21.3. The maximum Gasteiger partial charge on any atom is 0.0602 e. The topological polar surface area (TPSA) is 0 Å². The molecule has 2 atom stereocenters. The fourth-order valence-electron chi connectivity index (χ4n) is 5.76. The molecule has 0 saturated heterocycles. The lowest BCUT2D eigenvalue weighted by Gasteiger charge is -2.42. The van der Waals surface area contributed by atoms with Crippen molar-refractivity contribution in [1.82, 2.24) is 0 Å². The van der Waals surface area contributed by atoms with Gasteiger partial charge in [0.15, 0.2) is 0 Å². The lowest BCUT2D eigenvalue weighted by molar-refractivity contribution is 0.544. The van der Waals surface area contributed by atoms with E-state index in [1.165, 1.54) is 22.3 Å². The van der Waals surface area contributed by atoms with Gasteiger partial charge >= 0.3 is 0 Å². The van der Waals surface area contributed by atoms with E-state index in [4.69, 9.17) is 0 Å². The number of fused-ring (bicyclic) bond motifs is 1. The van der Waals surface area contributed by atoms with Gasteiger partial charge in [0.2, 0.25) is 0 Å². The lowest BCUT2D eigenvalue weighted by Crippen LogP contribution is -2.34. The van der Waals surface area contributed by atoms with Crippen molar-refractivity contribution < 1.29 is 0 Å². The number of benzene rings is 1. The van der Waals surface area contributed by atoms with Gasteiger partial charge in [-0.05, 0) is 72.3 Å². The summed E-state index contributed by atoms with van der Waals surface area (Å²) >= 11 is 0. The largest absolute Gasteiger partial charge is 0.0842 e. The molecule has 4 aliphatic carbocycles. The smallest absolute Gasteiger partial charge is 0.0602 e. The van der Waals surface area contributed by atoms with Gasteiger partial charge in [-0.2, -0.15) is 0 Å². The predicted octanol–water partition coefficient (Wildman–Crippen LogP) is 8.33. The van der Waals surface area contributed by atoms with Crippen molar-refractivity contribution in [2.24, 2.45) is 11.8 Å². The molecule has 0 amide bonds. The van der Waals surface area contributed by atoms with Crippen molar-refractivity contribution in [3.05, 3.63) is 106 Å². The molecule has 30 heavy (non-hydrogen) atoms. The van der Waals surface area contributed by atoms with Crippen molar-refractivity contribution in [3.63, 3.8) is 0 Å². The minimum absolute atomic E-state index is 0.0405. The molecule has 0 bridgehead atoms. The Morgan fingerprint density at radius 1 is 0.833 bits per heavy atom. The molecule has 0 aliphatic heterocycles. The van der Waals surface area contributed by atoms with Crippen LogP contribution in [0.15, 0.2) is 94.7 Å². The van der Waals surface area contributed by atoms with E-state index < -0.39 is 0 Å². The van der Waals surface area contributed by atoms with Crippen molar-refractivity contribution >= 4 is 0 Å². The minimum Gasteiger partial charge on any atom is -0.0842 e. The Bertz CT molecular complexity index is 943. The molecule has 0 aromatic heterocycles. The van der Waals surface area contributed by atoms with Crippen LogP contribution < -0.4 is 0 Å². The van der Waals surface area contributed by atoms with Crippen LogP contribution in [0.5, 0.6) is 0 Å². The highest BCUT2D eigenvalue weighted by atomic mass is 14.5. The number of allylic oxidation sites excluding steroid dienone is 12. The third-order valence-electron chi connectivity index (χ3n) is 7.06. The zero-order valence-corrected chi connectivity index (χ0v) is 19.3. The second-order valence-corrected chi connectivity index (χ2v) is 9.14. The molecule has 0 N–H and O–H groups in total. The molecule has 4 aliphatic rings. The van der Waals surface area contributed by atoms with Crippen LogP contribution in [0.25, 0.3) is 0 Å². The van der Waals surface area contributed by atoms with E-state index in [2.05, 4.69) is 87.6 Å². The van der Waals surface area contributed by atoms with Crippen molar-refractivity contribution in [2.45, 2.75) is 65.7 Å². The Morgan fingerprint density at radius 3 is 1.90 bits per heavy atom. The van der Waals surface area contributed by atoms with E-state index >= 15 is 0 Å². The van der Waals surface area contributed by atoms with Crippen LogP contribution in [0.1, 0.15) is 64.5 Å². The van der Waals surface area contributed by atoms with Crippen LogP contribution in [0, 0.1) is 18.8 Å². The molecule has 156 valence electrons.